The predicted octanol–water partition coefficient (Wildman–Crippen LogP) is 4.97. The Labute approximate surface area is 225 Å². The van der Waals surface area contributed by atoms with E-state index in [9.17, 15) is 27.9 Å². The molecule has 39 heavy (non-hydrogen) atoms. The van der Waals surface area contributed by atoms with Gasteiger partial charge in [-0.1, -0.05) is 38.1 Å². The average Bonchev–Trinajstić information content (AvgIpc) is 3.31. The molecule has 4 rings (SSSR count). The highest BCUT2D eigenvalue weighted by molar-refractivity contribution is 5.86. The predicted molar refractivity (Wildman–Crippen MR) is 134 cm³/mol. The van der Waals surface area contributed by atoms with Gasteiger partial charge in [0.15, 0.2) is 0 Å². The lowest BCUT2D eigenvalue weighted by Crippen LogP contribution is -2.46. The fourth-order valence-corrected chi connectivity index (χ4v) is 5.45. The summed E-state index contributed by atoms with van der Waals surface area (Å²) in [7, 11) is 1.30. The number of halogens is 3. The number of nitrogens with zero attached hydrogens (tertiary/aromatic N) is 2. The van der Waals surface area contributed by atoms with Crippen molar-refractivity contribution in [2.75, 3.05) is 20.3 Å². The number of alkyl halides is 3. The zero-order chi connectivity index (χ0) is 28.3. The number of amides is 1. The van der Waals surface area contributed by atoms with Crippen molar-refractivity contribution in [2.24, 2.45) is 5.92 Å². The maximum Gasteiger partial charge on any atom is 0.417 e. The van der Waals surface area contributed by atoms with Crippen LogP contribution in [0.3, 0.4) is 0 Å². The van der Waals surface area contributed by atoms with E-state index in [1.165, 1.54) is 12.0 Å². The summed E-state index contributed by atoms with van der Waals surface area (Å²) in [5, 5.41) is 10.2. The molecule has 212 valence electrons. The minimum absolute atomic E-state index is 0.0178. The first kappa shape index (κ1) is 28.8. The van der Waals surface area contributed by atoms with E-state index in [0.717, 1.165) is 17.2 Å². The Morgan fingerprint density at radius 1 is 1.21 bits per heavy atom. The van der Waals surface area contributed by atoms with Crippen LogP contribution in [0.5, 0.6) is 5.88 Å². The highest BCUT2D eigenvalue weighted by atomic mass is 19.4. The molecule has 2 aromatic rings. The zero-order valence-corrected chi connectivity index (χ0v) is 22.1. The Balaban J connectivity index is 1.74. The maximum absolute atomic E-state index is 13.9. The molecule has 2 fully saturated rings. The number of benzene rings is 1. The van der Waals surface area contributed by atoms with Crippen molar-refractivity contribution in [2.45, 2.75) is 70.0 Å². The number of hydrogen-bond acceptors (Lipinski definition) is 6. The van der Waals surface area contributed by atoms with Crippen molar-refractivity contribution in [1.29, 1.82) is 0 Å². The number of carbonyl (C=O) groups is 2. The number of carbonyl (C=O) groups excluding carboxylic acids is 1. The van der Waals surface area contributed by atoms with Gasteiger partial charge in [-0.05, 0) is 36.0 Å². The standard InChI is InChI=1S/C28H33F3N2O6/c1-16(2)20-6-4-5-7-21(20)24-23(39-15-18-12-19(28(29,30)31)14-32-25(18)37-3)13-22(27(35)36)33(24)26(34)17-8-10-38-11-9-17/h4-7,12,14,16-17,22-24H,8-11,13,15H2,1-3H3,(H,35,36)/t22-,23?,24?/m0/s1. The Morgan fingerprint density at radius 2 is 1.90 bits per heavy atom. The molecule has 8 nitrogen and oxygen atoms in total. The molecule has 2 aliphatic rings. The number of likely N-dealkylation sites (tertiary alicyclic amines) is 1. The number of hydrogen-bond donors (Lipinski definition) is 1. The molecule has 1 amide bonds. The van der Waals surface area contributed by atoms with Crippen molar-refractivity contribution in [3.8, 4) is 5.88 Å². The SMILES string of the molecule is COc1ncc(C(F)(F)F)cc1COC1C[C@@H](C(=O)O)N(C(=O)C2CCOCC2)C1c1ccccc1C(C)C. The number of aliphatic carboxylic acids is 1. The summed E-state index contributed by atoms with van der Waals surface area (Å²) in [6.45, 7) is 4.52. The fraction of sp³-hybridized carbons (Fsp3) is 0.536. The second-order valence-corrected chi connectivity index (χ2v) is 10.2. The van der Waals surface area contributed by atoms with E-state index in [1.807, 2.05) is 38.1 Å². The average molecular weight is 551 g/mol. The fourth-order valence-electron chi connectivity index (χ4n) is 5.45. The molecule has 3 heterocycles. The molecular formula is C28H33F3N2O6. The van der Waals surface area contributed by atoms with Crippen LogP contribution in [0.15, 0.2) is 36.5 Å². The molecule has 2 saturated heterocycles. The molecule has 0 spiro atoms. The first-order valence-electron chi connectivity index (χ1n) is 13.0. The first-order valence-corrected chi connectivity index (χ1v) is 13.0. The third-order valence-electron chi connectivity index (χ3n) is 7.39. The van der Waals surface area contributed by atoms with Gasteiger partial charge in [0.25, 0.3) is 0 Å². The number of pyridine rings is 1. The van der Waals surface area contributed by atoms with E-state index >= 15 is 0 Å². The molecule has 1 aromatic carbocycles. The topological polar surface area (TPSA) is 98.2 Å². The van der Waals surface area contributed by atoms with Crippen LogP contribution >= 0.6 is 0 Å². The van der Waals surface area contributed by atoms with Crippen LogP contribution in [0, 0.1) is 5.92 Å². The van der Waals surface area contributed by atoms with Crippen LogP contribution in [0.4, 0.5) is 13.2 Å². The summed E-state index contributed by atoms with van der Waals surface area (Å²) in [5.74, 6) is -1.78. The third-order valence-corrected chi connectivity index (χ3v) is 7.39. The van der Waals surface area contributed by atoms with Gasteiger partial charge in [0, 0.05) is 37.3 Å². The molecule has 0 aliphatic carbocycles. The smallest absolute Gasteiger partial charge is 0.417 e. The molecule has 2 aliphatic heterocycles. The largest absolute Gasteiger partial charge is 0.481 e. The summed E-state index contributed by atoms with van der Waals surface area (Å²) in [4.78, 5) is 31.5. The van der Waals surface area contributed by atoms with E-state index in [1.54, 1.807) is 0 Å². The highest BCUT2D eigenvalue weighted by Crippen LogP contribution is 2.43. The molecule has 3 atom stereocenters. The monoisotopic (exact) mass is 550 g/mol. The number of carboxylic acid groups (broad SMARTS) is 1. The van der Waals surface area contributed by atoms with Crippen molar-refractivity contribution in [3.05, 3.63) is 58.8 Å². The van der Waals surface area contributed by atoms with E-state index < -0.39 is 35.9 Å². The van der Waals surface area contributed by atoms with Gasteiger partial charge in [0.1, 0.15) is 6.04 Å². The number of carboxylic acids is 1. The Morgan fingerprint density at radius 3 is 2.51 bits per heavy atom. The molecule has 0 saturated carbocycles. The van der Waals surface area contributed by atoms with Crippen molar-refractivity contribution in [1.82, 2.24) is 9.88 Å². The lowest BCUT2D eigenvalue weighted by Gasteiger charge is -2.35. The van der Waals surface area contributed by atoms with Gasteiger partial charge in [-0.2, -0.15) is 13.2 Å². The van der Waals surface area contributed by atoms with Crippen LogP contribution in [-0.2, 0) is 31.8 Å². The first-order chi connectivity index (χ1) is 18.5. The van der Waals surface area contributed by atoms with Gasteiger partial charge in [0.2, 0.25) is 11.8 Å². The number of ether oxygens (including phenoxy) is 3. The normalized spacial score (nSPS) is 22.3. The maximum atomic E-state index is 13.9. The number of aromatic nitrogens is 1. The molecule has 1 aromatic heterocycles. The molecule has 1 N–H and O–H groups in total. The zero-order valence-electron chi connectivity index (χ0n) is 22.1. The van der Waals surface area contributed by atoms with E-state index in [0.29, 0.717) is 32.3 Å². The highest BCUT2D eigenvalue weighted by Gasteiger charge is 2.50. The summed E-state index contributed by atoms with van der Waals surface area (Å²) in [6, 6.07) is 6.50. The molecule has 0 bridgehead atoms. The van der Waals surface area contributed by atoms with Gasteiger partial charge in [-0.15, -0.1) is 0 Å². The lowest BCUT2D eigenvalue weighted by molar-refractivity contribution is -0.153. The molecule has 0 radical (unpaired) electrons. The summed E-state index contributed by atoms with van der Waals surface area (Å²) in [5.41, 5.74) is 0.820. The van der Waals surface area contributed by atoms with Crippen LogP contribution < -0.4 is 4.74 Å². The van der Waals surface area contributed by atoms with Crippen molar-refractivity contribution < 1.29 is 42.1 Å². The minimum atomic E-state index is -4.61. The number of methoxy groups -OCH3 is 1. The Bertz CT molecular complexity index is 1180. The second-order valence-electron chi connectivity index (χ2n) is 10.2. The van der Waals surface area contributed by atoms with E-state index in [4.69, 9.17) is 14.2 Å². The van der Waals surface area contributed by atoms with Crippen LogP contribution in [0.1, 0.15) is 67.3 Å². The minimum Gasteiger partial charge on any atom is -0.481 e. The van der Waals surface area contributed by atoms with E-state index in [-0.39, 0.29) is 42.2 Å². The molecule has 11 heteroatoms. The van der Waals surface area contributed by atoms with Gasteiger partial charge >= 0.3 is 12.1 Å². The van der Waals surface area contributed by atoms with Crippen LogP contribution in [-0.4, -0.2) is 59.3 Å². The summed E-state index contributed by atoms with van der Waals surface area (Å²) in [6.07, 6.45) is -3.77. The molecular weight excluding hydrogens is 517 g/mol. The summed E-state index contributed by atoms with van der Waals surface area (Å²) >= 11 is 0. The number of rotatable bonds is 8. The molecule has 2 unspecified atom stereocenters. The second kappa shape index (κ2) is 11.9. The van der Waals surface area contributed by atoms with Crippen molar-refractivity contribution >= 4 is 11.9 Å². The van der Waals surface area contributed by atoms with Gasteiger partial charge < -0.3 is 24.2 Å². The van der Waals surface area contributed by atoms with Crippen LogP contribution in [0.25, 0.3) is 0 Å². The van der Waals surface area contributed by atoms with E-state index in [2.05, 4.69) is 4.98 Å². The van der Waals surface area contributed by atoms with Crippen LogP contribution in [0.2, 0.25) is 0 Å². The summed E-state index contributed by atoms with van der Waals surface area (Å²) < 4.78 is 56.8. The van der Waals surface area contributed by atoms with Gasteiger partial charge in [-0.25, -0.2) is 9.78 Å². The quantitative estimate of drug-likeness (QED) is 0.496. The van der Waals surface area contributed by atoms with Gasteiger partial charge in [0.05, 0.1) is 31.4 Å². The Hall–Kier alpha value is -3.18. The van der Waals surface area contributed by atoms with Gasteiger partial charge in [-0.3, -0.25) is 4.79 Å². The Kier molecular flexibility index (Phi) is 8.80. The van der Waals surface area contributed by atoms with Crippen molar-refractivity contribution in [3.63, 3.8) is 0 Å². The third kappa shape index (κ3) is 6.19. The lowest BCUT2D eigenvalue weighted by atomic mass is 9.89.